The van der Waals surface area contributed by atoms with Crippen LogP contribution in [0.15, 0.2) is 77.3 Å². The summed E-state index contributed by atoms with van der Waals surface area (Å²) in [6.45, 7) is 13.0. The minimum atomic E-state index is -0.972. The Kier molecular flexibility index (Phi) is 9.92. The Labute approximate surface area is 227 Å². The molecule has 1 heterocycles. The van der Waals surface area contributed by atoms with Gasteiger partial charge in [-0.05, 0) is 82.7 Å². The number of aromatic nitrogens is 1. The molecule has 0 bridgehead atoms. The maximum atomic E-state index is 13.7. The number of H-pyrrole nitrogens is 1. The van der Waals surface area contributed by atoms with E-state index in [1.807, 2.05) is 18.2 Å². The third-order valence-corrected chi connectivity index (χ3v) is 7.26. The molecule has 2 aromatic carbocycles. The van der Waals surface area contributed by atoms with E-state index < -0.39 is 5.54 Å². The highest BCUT2D eigenvalue weighted by atomic mass is 19.1. The van der Waals surface area contributed by atoms with E-state index in [1.54, 1.807) is 13.8 Å². The fraction of sp³-hybridized carbons (Fsp3) is 0.406. The van der Waals surface area contributed by atoms with E-state index in [4.69, 9.17) is 5.73 Å². The van der Waals surface area contributed by atoms with Crippen molar-refractivity contribution in [3.05, 3.63) is 94.2 Å². The summed E-state index contributed by atoms with van der Waals surface area (Å²) in [7, 11) is 0. The topological polar surface area (TPSA) is 74.2 Å². The van der Waals surface area contributed by atoms with Crippen LogP contribution < -0.4 is 11.1 Å². The number of carbonyl (C=O) groups is 1. The Morgan fingerprint density at radius 3 is 2.26 bits per heavy atom. The number of fused-ring (bicyclic) bond motifs is 1. The average molecular weight is 519 g/mol. The Bertz CT molecular complexity index is 1290. The zero-order chi connectivity index (χ0) is 27.9. The van der Waals surface area contributed by atoms with Crippen LogP contribution >= 0.6 is 0 Å². The number of amides is 1. The van der Waals surface area contributed by atoms with Crippen molar-refractivity contribution in [2.75, 3.05) is 6.54 Å². The van der Waals surface area contributed by atoms with E-state index in [-0.39, 0.29) is 11.7 Å². The van der Waals surface area contributed by atoms with Crippen LogP contribution in [0.5, 0.6) is 0 Å². The number of nitrogens with zero attached hydrogens (tertiary/aromatic N) is 1. The standard InChI is InChI=1S/C32H43FN4O/c1-7-22(3)29(18-15-25-19-35-28-12-10-9-11-27(25)28)37(21-24-13-16-26(33)17-14-24)30(23(4)8-2)20-36-31(38)32(5,6)34/h9-14,16-17,19,35H,7-8,15,18,20-21,34H2,1-6H3,(H,36,38)/b29-22?,30-23+. The summed E-state index contributed by atoms with van der Waals surface area (Å²) in [5.41, 5.74) is 13.3. The highest BCUT2D eigenvalue weighted by Crippen LogP contribution is 2.30. The lowest BCUT2D eigenvalue weighted by Gasteiger charge is -2.34. The third-order valence-electron chi connectivity index (χ3n) is 7.26. The predicted molar refractivity (Wildman–Crippen MR) is 156 cm³/mol. The Balaban J connectivity index is 2.03. The number of aryl methyl sites for hydroxylation is 1. The molecule has 1 aromatic heterocycles. The van der Waals surface area contributed by atoms with Crippen LogP contribution in [0.3, 0.4) is 0 Å². The number of halogens is 1. The number of nitrogens with one attached hydrogen (secondary N) is 2. The van der Waals surface area contributed by atoms with Crippen LogP contribution in [0.25, 0.3) is 10.9 Å². The lowest BCUT2D eigenvalue weighted by molar-refractivity contribution is -0.125. The maximum Gasteiger partial charge on any atom is 0.239 e. The van der Waals surface area contributed by atoms with Crippen LogP contribution in [0, 0.1) is 5.82 Å². The van der Waals surface area contributed by atoms with Gasteiger partial charge in [-0.15, -0.1) is 0 Å². The van der Waals surface area contributed by atoms with E-state index in [0.717, 1.165) is 42.5 Å². The summed E-state index contributed by atoms with van der Waals surface area (Å²) in [6.07, 6.45) is 5.56. The van der Waals surface area contributed by atoms with Crippen molar-refractivity contribution >= 4 is 16.8 Å². The number of benzene rings is 2. The molecule has 0 saturated carbocycles. The van der Waals surface area contributed by atoms with Gasteiger partial charge in [0.25, 0.3) is 0 Å². The number of rotatable bonds is 12. The Morgan fingerprint density at radius 2 is 1.63 bits per heavy atom. The van der Waals surface area contributed by atoms with E-state index >= 15 is 0 Å². The monoisotopic (exact) mass is 518 g/mol. The number of hydrogen-bond donors (Lipinski definition) is 3. The van der Waals surface area contributed by atoms with Gasteiger partial charge in [-0.2, -0.15) is 0 Å². The fourth-order valence-corrected chi connectivity index (χ4v) is 4.57. The zero-order valence-electron chi connectivity index (χ0n) is 23.7. The van der Waals surface area contributed by atoms with Gasteiger partial charge in [0.15, 0.2) is 0 Å². The third kappa shape index (κ3) is 7.35. The van der Waals surface area contributed by atoms with Crippen LogP contribution in [0.2, 0.25) is 0 Å². The van der Waals surface area contributed by atoms with Crippen molar-refractivity contribution in [1.29, 1.82) is 0 Å². The fourth-order valence-electron chi connectivity index (χ4n) is 4.57. The van der Waals surface area contributed by atoms with Crippen molar-refractivity contribution in [2.45, 2.75) is 79.3 Å². The first-order chi connectivity index (χ1) is 18.0. The smallest absolute Gasteiger partial charge is 0.239 e. The molecule has 0 unspecified atom stereocenters. The average Bonchev–Trinajstić information content (AvgIpc) is 3.31. The molecular weight excluding hydrogens is 475 g/mol. The summed E-state index contributed by atoms with van der Waals surface area (Å²) in [4.78, 5) is 18.5. The van der Waals surface area contributed by atoms with E-state index in [2.05, 4.69) is 67.3 Å². The second-order valence-electron chi connectivity index (χ2n) is 10.6. The number of carbonyl (C=O) groups excluding carboxylic acids is 1. The minimum absolute atomic E-state index is 0.197. The summed E-state index contributed by atoms with van der Waals surface area (Å²) in [6, 6.07) is 15.0. The molecule has 0 fully saturated rings. The molecule has 0 radical (unpaired) electrons. The first-order valence-corrected chi connectivity index (χ1v) is 13.6. The van der Waals surface area contributed by atoms with E-state index in [9.17, 15) is 9.18 Å². The molecule has 0 aliphatic rings. The molecule has 0 saturated heterocycles. The van der Waals surface area contributed by atoms with Crippen molar-refractivity contribution in [3.8, 4) is 0 Å². The summed E-state index contributed by atoms with van der Waals surface area (Å²) < 4.78 is 13.7. The minimum Gasteiger partial charge on any atom is -0.361 e. The van der Waals surface area contributed by atoms with Gasteiger partial charge >= 0.3 is 0 Å². The quantitative estimate of drug-likeness (QED) is 0.243. The van der Waals surface area contributed by atoms with Gasteiger partial charge in [0.1, 0.15) is 5.82 Å². The van der Waals surface area contributed by atoms with Gasteiger partial charge in [-0.1, -0.05) is 55.3 Å². The molecule has 204 valence electrons. The van der Waals surface area contributed by atoms with Crippen LogP contribution in [-0.4, -0.2) is 27.9 Å². The van der Waals surface area contributed by atoms with Crippen LogP contribution in [0.1, 0.15) is 71.9 Å². The second-order valence-corrected chi connectivity index (χ2v) is 10.6. The molecule has 6 heteroatoms. The first-order valence-electron chi connectivity index (χ1n) is 13.6. The maximum absolute atomic E-state index is 13.7. The van der Waals surface area contributed by atoms with Crippen LogP contribution in [0.4, 0.5) is 4.39 Å². The normalized spacial score (nSPS) is 13.3. The summed E-state index contributed by atoms with van der Waals surface area (Å²) in [5, 5.41) is 4.31. The van der Waals surface area contributed by atoms with Crippen molar-refractivity contribution in [1.82, 2.24) is 15.2 Å². The molecule has 1 amide bonds. The van der Waals surface area contributed by atoms with Gasteiger partial charge in [-0.25, -0.2) is 4.39 Å². The lowest BCUT2D eigenvalue weighted by atomic mass is 10.00. The highest BCUT2D eigenvalue weighted by Gasteiger charge is 2.24. The van der Waals surface area contributed by atoms with Crippen molar-refractivity contribution in [3.63, 3.8) is 0 Å². The zero-order valence-corrected chi connectivity index (χ0v) is 23.7. The SMILES string of the molecule is CCC(C)=C(CCc1c[nH]c2ccccc12)N(Cc1ccc(F)cc1)/C(CNC(=O)C(C)(C)N)=C(\C)CC. The molecule has 0 aliphatic heterocycles. The van der Waals surface area contributed by atoms with Gasteiger partial charge in [-0.3, -0.25) is 4.79 Å². The number of aromatic amines is 1. The largest absolute Gasteiger partial charge is 0.361 e. The Hall–Kier alpha value is -3.38. The van der Waals surface area contributed by atoms with Gasteiger partial charge in [0, 0.05) is 35.0 Å². The molecule has 0 aliphatic carbocycles. The molecule has 5 nitrogen and oxygen atoms in total. The molecule has 3 aromatic rings. The van der Waals surface area contributed by atoms with Gasteiger partial charge in [0.05, 0.1) is 12.1 Å². The van der Waals surface area contributed by atoms with E-state index in [0.29, 0.717) is 13.1 Å². The number of allylic oxidation sites excluding steroid dienone is 3. The number of hydrogen-bond acceptors (Lipinski definition) is 3. The van der Waals surface area contributed by atoms with Gasteiger partial charge in [0.2, 0.25) is 5.91 Å². The molecule has 0 spiro atoms. The predicted octanol–water partition coefficient (Wildman–Crippen LogP) is 6.96. The second kappa shape index (κ2) is 12.9. The van der Waals surface area contributed by atoms with Crippen LogP contribution in [-0.2, 0) is 17.8 Å². The molecule has 0 atom stereocenters. The lowest BCUT2D eigenvalue weighted by Crippen LogP contribution is -2.50. The summed E-state index contributed by atoms with van der Waals surface area (Å²) >= 11 is 0. The number of nitrogens with two attached hydrogens (primary N) is 1. The molecular formula is C32H43FN4O. The molecule has 38 heavy (non-hydrogen) atoms. The first kappa shape index (κ1) is 29.2. The molecule has 3 rings (SSSR count). The highest BCUT2D eigenvalue weighted by molar-refractivity contribution is 5.85. The Morgan fingerprint density at radius 1 is 1.00 bits per heavy atom. The van der Waals surface area contributed by atoms with Crippen molar-refractivity contribution in [2.24, 2.45) is 5.73 Å². The number of para-hydroxylation sites is 1. The summed E-state index contributed by atoms with van der Waals surface area (Å²) in [5.74, 6) is -0.449. The van der Waals surface area contributed by atoms with E-state index in [1.165, 1.54) is 39.9 Å². The van der Waals surface area contributed by atoms with Crippen molar-refractivity contribution < 1.29 is 9.18 Å². The van der Waals surface area contributed by atoms with Gasteiger partial charge < -0.3 is 20.9 Å². The molecule has 4 N–H and O–H groups in total.